The van der Waals surface area contributed by atoms with Crippen LogP contribution in [0.5, 0.6) is 0 Å². The molecule has 1 fully saturated rings. The summed E-state index contributed by atoms with van der Waals surface area (Å²) in [6.45, 7) is 3.22. The fraction of sp³-hybridized carbons (Fsp3) is 0.364. The average molecular weight is 216 g/mol. The van der Waals surface area contributed by atoms with Gasteiger partial charge in [0.05, 0.1) is 18.7 Å². The van der Waals surface area contributed by atoms with Gasteiger partial charge < -0.3 is 9.64 Å². The Morgan fingerprint density at radius 2 is 2.00 bits per heavy atom. The molecule has 0 aromatic carbocycles. The van der Waals surface area contributed by atoms with Crippen LogP contribution in [-0.2, 0) is 4.74 Å². The molecule has 0 spiro atoms. The lowest BCUT2D eigenvalue weighted by molar-refractivity contribution is 0.122. The van der Waals surface area contributed by atoms with Crippen molar-refractivity contribution in [3.8, 4) is 0 Å². The Balaban J connectivity index is 2.08. The van der Waals surface area contributed by atoms with Crippen molar-refractivity contribution in [1.29, 1.82) is 0 Å². The minimum absolute atomic E-state index is 0.748. The van der Waals surface area contributed by atoms with Crippen molar-refractivity contribution in [3.63, 3.8) is 0 Å². The zero-order chi connectivity index (χ0) is 10.8. The molecule has 0 atom stereocenters. The van der Waals surface area contributed by atoms with Gasteiger partial charge in [0, 0.05) is 19.3 Å². The monoisotopic (exact) mass is 216 g/mol. The van der Waals surface area contributed by atoms with E-state index in [0.29, 0.717) is 0 Å². The van der Waals surface area contributed by atoms with E-state index in [9.17, 15) is 0 Å². The molecule has 0 amide bonds. The number of fused-ring (bicyclic) bond motifs is 1. The average Bonchev–Trinajstić information content (AvgIpc) is 2.39. The van der Waals surface area contributed by atoms with Crippen LogP contribution in [0.3, 0.4) is 0 Å². The molecule has 0 unspecified atom stereocenters. The minimum atomic E-state index is 0.748. The van der Waals surface area contributed by atoms with Crippen LogP contribution in [0.4, 0.5) is 5.82 Å². The summed E-state index contributed by atoms with van der Waals surface area (Å²) in [6.07, 6.45) is 3.37. The van der Waals surface area contributed by atoms with Crippen molar-refractivity contribution in [2.45, 2.75) is 0 Å². The maximum Gasteiger partial charge on any atom is 0.158 e. The van der Waals surface area contributed by atoms with E-state index in [1.54, 1.807) is 12.5 Å². The van der Waals surface area contributed by atoms with Gasteiger partial charge in [-0.15, -0.1) is 0 Å². The number of aromatic nitrogens is 3. The second-order valence-electron chi connectivity index (χ2n) is 3.67. The van der Waals surface area contributed by atoms with E-state index >= 15 is 0 Å². The van der Waals surface area contributed by atoms with Crippen LogP contribution in [0.1, 0.15) is 0 Å². The first-order valence-electron chi connectivity index (χ1n) is 5.33. The van der Waals surface area contributed by atoms with Crippen LogP contribution in [0, 0.1) is 0 Å². The van der Waals surface area contributed by atoms with Gasteiger partial charge in [0.15, 0.2) is 5.82 Å². The molecular weight excluding hydrogens is 204 g/mol. The van der Waals surface area contributed by atoms with Crippen molar-refractivity contribution >= 4 is 16.9 Å². The molecule has 2 aromatic rings. The molecule has 0 radical (unpaired) electrons. The second-order valence-corrected chi connectivity index (χ2v) is 3.67. The number of hydrogen-bond acceptors (Lipinski definition) is 5. The molecule has 5 nitrogen and oxygen atoms in total. The lowest BCUT2D eigenvalue weighted by atomic mass is 10.3. The highest BCUT2D eigenvalue weighted by atomic mass is 16.5. The molecule has 0 saturated carbocycles. The quantitative estimate of drug-likeness (QED) is 0.707. The molecule has 3 heterocycles. The van der Waals surface area contributed by atoms with Gasteiger partial charge in [-0.3, -0.25) is 4.98 Å². The van der Waals surface area contributed by atoms with E-state index in [-0.39, 0.29) is 0 Å². The van der Waals surface area contributed by atoms with Crippen LogP contribution in [0.15, 0.2) is 24.7 Å². The fourth-order valence-electron chi connectivity index (χ4n) is 1.89. The third kappa shape index (κ3) is 1.59. The summed E-state index contributed by atoms with van der Waals surface area (Å²) >= 11 is 0. The van der Waals surface area contributed by atoms with Gasteiger partial charge in [-0.25, -0.2) is 9.97 Å². The molecular formula is C11H12N4O. The van der Waals surface area contributed by atoms with Crippen LogP contribution in [-0.4, -0.2) is 41.3 Å². The SMILES string of the molecule is c1cnc2c(N3CCOCC3)ncnc2c1. The second kappa shape index (κ2) is 4.02. The number of anilines is 1. The zero-order valence-corrected chi connectivity index (χ0v) is 8.83. The highest BCUT2D eigenvalue weighted by Crippen LogP contribution is 2.20. The summed E-state index contributed by atoms with van der Waals surface area (Å²) in [6, 6.07) is 3.84. The van der Waals surface area contributed by atoms with Crippen molar-refractivity contribution in [1.82, 2.24) is 15.0 Å². The standard InChI is InChI=1S/C11H12N4O/c1-2-9-10(12-3-1)11(14-8-13-9)15-4-6-16-7-5-15/h1-3,8H,4-7H2. The van der Waals surface area contributed by atoms with E-state index < -0.39 is 0 Å². The summed E-state index contributed by atoms with van der Waals surface area (Å²) in [5, 5.41) is 0. The van der Waals surface area contributed by atoms with Gasteiger partial charge in [-0.05, 0) is 12.1 Å². The molecule has 1 aliphatic heterocycles. The normalized spacial score (nSPS) is 16.6. The van der Waals surface area contributed by atoms with E-state index in [1.807, 2.05) is 12.1 Å². The van der Waals surface area contributed by atoms with E-state index in [2.05, 4.69) is 19.9 Å². The largest absolute Gasteiger partial charge is 0.378 e. The maximum absolute atomic E-state index is 5.33. The summed E-state index contributed by atoms with van der Waals surface area (Å²) < 4.78 is 5.33. The lowest BCUT2D eigenvalue weighted by Crippen LogP contribution is -2.37. The molecule has 0 N–H and O–H groups in total. The molecule has 3 rings (SSSR count). The third-order valence-corrected chi connectivity index (χ3v) is 2.69. The van der Waals surface area contributed by atoms with Crippen molar-refractivity contribution in [2.24, 2.45) is 0 Å². The highest BCUT2D eigenvalue weighted by Gasteiger charge is 2.15. The van der Waals surface area contributed by atoms with Crippen LogP contribution in [0.2, 0.25) is 0 Å². The van der Waals surface area contributed by atoms with Crippen LogP contribution < -0.4 is 4.90 Å². The molecule has 1 saturated heterocycles. The predicted molar refractivity (Wildman–Crippen MR) is 60.4 cm³/mol. The van der Waals surface area contributed by atoms with Crippen LogP contribution in [0.25, 0.3) is 11.0 Å². The first-order chi connectivity index (χ1) is 7.95. The van der Waals surface area contributed by atoms with Crippen molar-refractivity contribution in [3.05, 3.63) is 24.7 Å². The first-order valence-corrected chi connectivity index (χ1v) is 5.33. The molecule has 1 aliphatic rings. The molecule has 82 valence electrons. The predicted octanol–water partition coefficient (Wildman–Crippen LogP) is 0.861. The summed E-state index contributed by atoms with van der Waals surface area (Å²) in [5.41, 5.74) is 1.76. The number of hydrogen-bond donors (Lipinski definition) is 0. The number of rotatable bonds is 1. The molecule has 16 heavy (non-hydrogen) atoms. The Kier molecular flexibility index (Phi) is 2.38. The van der Waals surface area contributed by atoms with Gasteiger partial charge >= 0.3 is 0 Å². The summed E-state index contributed by atoms with van der Waals surface area (Å²) in [5.74, 6) is 0.911. The summed E-state index contributed by atoms with van der Waals surface area (Å²) in [4.78, 5) is 15.1. The minimum Gasteiger partial charge on any atom is -0.378 e. The Labute approximate surface area is 93.1 Å². The smallest absolute Gasteiger partial charge is 0.158 e. The van der Waals surface area contributed by atoms with Gasteiger partial charge in [0.2, 0.25) is 0 Å². The third-order valence-electron chi connectivity index (χ3n) is 2.69. The van der Waals surface area contributed by atoms with Gasteiger partial charge in [-0.2, -0.15) is 0 Å². The number of ether oxygens (including phenoxy) is 1. The maximum atomic E-state index is 5.33. The van der Waals surface area contributed by atoms with E-state index in [0.717, 1.165) is 43.2 Å². The summed E-state index contributed by atoms with van der Waals surface area (Å²) in [7, 11) is 0. The fourth-order valence-corrected chi connectivity index (χ4v) is 1.89. The van der Waals surface area contributed by atoms with Crippen molar-refractivity contribution < 1.29 is 4.74 Å². The Hall–Kier alpha value is -1.75. The zero-order valence-electron chi connectivity index (χ0n) is 8.83. The lowest BCUT2D eigenvalue weighted by Gasteiger charge is -2.27. The van der Waals surface area contributed by atoms with Crippen LogP contribution >= 0.6 is 0 Å². The van der Waals surface area contributed by atoms with Crippen molar-refractivity contribution in [2.75, 3.05) is 31.2 Å². The topological polar surface area (TPSA) is 51.1 Å². The number of pyridine rings is 1. The Morgan fingerprint density at radius 3 is 2.88 bits per heavy atom. The molecule has 5 heteroatoms. The Bertz CT molecular complexity index is 491. The molecule has 2 aromatic heterocycles. The first kappa shape index (κ1) is 9.47. The number of nitrogens with zero attached hydrogens (tertiary/aromatic N) is 4. The Morgan fingerprint density at radius 1 is 1.12 bits per heavy atom. The molecule has 0 bridgehead atoms. The van der Waals surface area contributed by atoms with E-state index in [1.165, 1.54) is 0 Å². The van der Waals surface area contributed by atoms with E-state index in [4.69, 9.17) is 4.74 Å². The van der Waals surface area contributed by atoms with Gasteiger partial charge in [0.1, 0.15) is 11.8 Å². The highest BCUT2D eigenvalue weighted by molar-refractivity contribution is 5.85. The van der Waals surface area contributed by atoms with Gasteiger partial charge in [0.25, 0.3) is 0 Å². The molecule has 0 aliphatic carbocycles. The van der Waals surface area contributed by atoms with Gasteiger partial charge in [-0.1, -0.05) is 0 Å². The number of morpholine rings is 1.